The van der Waals surface area contributed by atoms with Crippen LogP contribution in [0.15, 0.2) is 12.2 Å². The highest BCUT2D eigenvalue weighted by molar-refractivity contribution is 5.08. The summed E-state index contributed by atoms with van der Waals surface area (Å²) in [7, 11) is 0. The fourth-order valence-corrected chi connectivity index (χ4v) is 4.41. The van der Waals surface area contributed by atoms with Crippen LogP contribution in [0.5, 0.6) is 0 Å². The third kappa shape index (κ3) is 7.76. The van der Waals surface area contributed by atoms with Gasteiger partial charge in [-0.3, -0.25) is 0 Å². The molecule has 3 aliphatic carbocycles. The summed E-state index contributed by atoms with van der Waals surface area (Å²) in [4.78, 5) is 0. The van der Waals surface area contributed by atoms with Gasteiger partial charge in [0.25, 0.3) is 0 Å². The van der Waals surface area contributed by atoms with Gasteiger partial charge in [-0.05, 0) is 67.3 Å². The van der Waals surface area contributed by atoms with E-state index in [0.717, 1.165) is 49.4 Å². The molecule has 0 aromatic carbocycles. The molecule has 3 unspecified atom stereocenters. The lowest BCUT2D eigenvalue weighted by Crippen LogP contribution is -2.14. The van der Waals surface area contributed by atoms with Crippen molar-refractivity contribution in [1.29, 1.82) is 0 Å². The van der Waals surface area contributed by atoms with Crippen LogP contribution in [0.3, 0.4) is 0 Å². The first-order valence-electron chi connectivity index (χ1n) is 11.2. The molecule has 0 aromatic heterocycles. The Morgan fingerprint density at radius 2 is 1.56 bits per heavy atom. The van der Waals surface area contributed by atoms with Gasteiger partial charge >= 0.3 is 0 Å². The van der Waals surface area contributed by atoms with Crippen LogP contribution in [0.25, 0.3) is 0 Å². The topological polar surface area (TPSA) is 9.23 Å². The van der Waals surface area contributed by atoms with Gasteiger partial charge in [-0.1, -0.05) is 46.6 Å². The Bertz CT molecular complexity index is 559. The molecule has 3 atom stereocenters. The van der Waals surface area contributed by atoms with Gasteiger partial charge in [0.2, 0.25) is 0 Å². The SMILES string of the molecule is C=C(COC1C#CCCCCC1)C(C)C.CC(C)C1C2CCC#CCCC21. The second-order valence-electron chi connectivity index (χ2n) is 9.11. The number of fused-ring (bicyclic) bond motifs is 1. The molecular weight excluding hydrogens is 328 g/mol. The smallest absolute Gasteiger partial charge is 0.118 e. The molecule has 1 fully saturated rings. The van der Waals surface area contributed by atoms with E-state index in [2.05, 4.69) is 58.0 Å². The van der Waals surface area contributed by atoms with Gasteiger partial charge in [0, 0.05) is 19.3 Å². The number of rotatable bonds is 5. The fourth-order valence-electron chi connectivity index (χ4n) is 4.41. The molecule has 0 amide bonds. The molecule has 0 N–H and O–H groups in total. The monoisotopic (exact) mass is 368 g/mol. The third-order valence-electron chi connectivity index (χ3n) is 6.32. The summed E-state index contributed by atoms with van der Waals surface area (Å²) in [6, 6.07) is 0. The van der Waals surface area contributed by atoms with Crippen molar-refractivity contribution in [1.82, 2.24) is 0 Å². The van der Waals surface area contributed by atoms with Crippen LogP contribution >= 0.6 is 0 Å². The normalized spacial score (nSPS) is 29.3. The molecule has 150 valence electrons. The number of hydrogen-bond donors (Lipinski definition) is 0. The minimum atomic E-state index is 0.140. The van der Waals surface area contributed by atoms with Gasteiger partial charge in [-0.25, -0.2) is 0 Å². The zero-order valence-corrected chi connectivity index (χ0v) is 18.2. The first-order valence-corrected chi connectivity index (χ1v) is 11.2. The molecule has 0 heterocycles. The van der Waals surface area contributed by atoms with Crippen molar-refractivity contribution >= 4 is 0 Å². The van der Waals surface area contributed by atoms with Crippen molar-refractivity contribution in [3.63, 3.8) is 0 Å². The summed E-state index contributed by atoms with van der Waals surface area (Å²) in [5, 5.41) is 0. The predicted molar refractivity (Wildman–Crippen MR) is 116 cm³/mol. The molecule has 0 spiro atoms. The lowest BCUT2D eigenvalue weighted by molar-refractivity contribution is 0.0979. The average molecular weight is 369 g/mol. The van der Waals surface area contributed by atoms with Crippen molar-refractivity contribution < 1.29 is 4.74 Å². The Morgan fingerprint density at radius 1 is 0.889 bits per heavy atom. The maximum absolute atomic E-state index is 5.77. The van der Waals surface area contributed by atoms with Crippen molar-refractivity contribution in [3.05, 3.63) is 12.2 Å². The number of ether oxygens (including phenoxy) is 1. The van der Waals surface area contributed by atoms with E-state index in [1.807, 2.05) is 0 Å². The molecular formula is C26H40O. The minimum Gasteiger partial charge on any atom is -0.361 e. The van der Waals surface area contributed by atoms with Gasteiger partial charge in [0.05, 0.1) is 6.61 Å². The summed E-state index contributed by atoms with van der Waals surface area (Å²) in [5.74, 6) is 17.4. The quantitative estimate of drug-likeness (QED) is 0.391. The predicted octanol–water partition coefficient (Wildman–Crippen LogP) is 6.63. The first kappa shape index (κ1) is 22.1. The van der Waals surface area contributed by atoms with E-state index in [1.165, 1.54) is 37.7 Å². The van der Waals surface area contributed by atoms with Gasteiger partial charge in [0.15, 0.2) is 0 Å². The van der Waals surface area contributed by atoms with E-state index in [-0.39, 0.29) is 6.10 Å². The van der Waals surface area contributed by atoms with Crippen molar-refractivity contribution in [2.45, 2.75) is 91.6 Å². The van der Waals surface area contributed by atoms with E-state index < -0.39 is 0 Å². The van der Waals surface area contributed by atoms with E-state index in [9.17, 15) is 0 Å². The fraction of sp³-hybridized carbons (Fsp3) is 0.769. The van der Waals surface area contributed by atoms with Gasteiger partial charge in [-0.15, -0.1) is 17.8 Å². The molecule has 0 aromatic rings. The van der Waals surface area contributed by atoms with Crippen LogP contribution in [0.4, 0.5) is 0 Å². The summed E-state index contributed by atoms with van der Waals surface area (Å²) < 4.78 is 5.77. The molecule has 1 nitrogen and oxygen atoms in total. The highest BCUT2D eigenvalue weighted by atomic mass is 16.5. The molecule has 1 heteroatoms. The molecule has 0 aliphatic heterocycles. The van der Waals surface area contributed by atoms with Gasteiger partial charge < -0.3 is 4.74 Å². The average Bonchev–Trinajstić information content (AvgIpc) is 3.25. The molecule has 0 bridgehead atoms. The van der Waals surface area contributed by atoms with E-state index in [1.54, 1.807) is 0 Å². The zero-order valence-electron chi connectivity index (χ0n) is 18.2. The van der Waals surface area contributed by atoms with Crippen LogP contribution in [-0.4, -0.2) is 12.7 Å². The Kier molecular flexibility index (Phi) is 9.51. The molecule has 0 saturated heterocycles. The molecule has 27 heavy (non-hydrogen) atoms. The summed E-state index contributed by atoms with van der Waals surface area (Å²) >= 11 is 0. The van der Waals surface area contributed by atoms with E-state index in [4.69, 9.17) is 4.74 Å². The maximum Gasteiger partial charge on any atom is 0.118 e. The Morgan fingerprint density at radius 3 is 2.15 bits per heavy atom. The van der Waals surface area contributed by atoms with Gasteiger partial charge in [-0.2, -0.15) is 0 Å². The Balaban J connectivity index is 0.000000198. The van der Waals surface area contributed by atoms with Crippen LogP contribution in [-0.2, 0) is 4.74 Å². The van der Waals surface area contributed by atoms with E-state index in [0.29, 0.717) is 12.5 Å². The lowest BCUT2D eigenvalue weighted by Gasteiger charge is -2.16. The Labute approximate surface area is 168 Å². The highest BCUT2D eigenvalue weighted by Gasteiger charge is 2.49. The molecule has 3 rings (SSSR count). The van der Waals surface area contributed by atoms with Crippen LogP contribution in [0.2, 0.25) is 0 Å². The Hall–Kier alpha value is -1.18. The lowest BCUT2D eigenvalue weighted by atomic mass is 10.0. The van der Waals surface area contributed by atoms with Crippen LogP contribution in [0, 0.1) is 53.3 Å². The number of hydrogen-bond acceptors (Lipinski definition) is 1. The third-order valence-corrected chi connectivity index (χ3v) is 6.32. The molecule has 0 radical (unpaired) electrons. The first-order chi connectivity index (χ1) is 13.0. The maximum atomic E-state index is 5.77. The minimum absolute atomic E-state index is 0.140. The summed E-state index contributed by atoms with van der Waals surface area (Å²) in [6.45, 7) is 13.7. The highest BCUT2D eigenvalue weighted by Crippen LogP contribution is 2.55. The summed E-state index contributed by atoms with van der Waals surface area (Å²) in [6.07, 6.45) is 11.1. The largest absolute Gasteiger partial charge is 0.361 e. The van der Waals surface area contributed by atoms with Crippen LogP contribution in [0.1, 0.15) is 85.5 Å². The zero-order chi connectivity index (χ0) is 19.6. The standard InChI is InChI=1S/C14H22O.C12H18/c1-12(2)13(3)11-15-14-9-7-5-4-6-8-10-14;1-9(2)12-10-7-5-3-4-6-8-11(10)12/h12,14H,3-7,9,11H2,1-2H3;9-12H,5-8H2,1-2H3. The van der Waals surface area contributed by atoms with Crippen molar-refractivity contribution in [2.24, 2.45) is 29.6 Å². The van der Waals surface area contributed by atoms with Crippen molar-refractivity contribution in [3.8, 4) is 23.7 Å². The molecule has 3 aliphatic rings. The van der Waals surface area contributed by atoms with Gasteiger partial charge in [0.1, 0.15) is 6.10 Å². The van der Waals surface area contributed by atoms with Crippen molar-refractivity contribution in [2.75, 3.05) is 6.61 Å². The summed E-state index contributed by atoms with van der Waals surface area (Å²) in [5.41, 5.74) is 1.17. The van der Waals surface area contributed by atoms with E-state index >= 15 is 0 Å². The second-order valence-corrected chi connectivity index (χ2v) is 9.11. The van der Waals surface area contributed by atoms with Crippen LogP contribution < -0.4 is 0 Å². The molecule has 1 saturated carbocycles. The second kappa shape index (κ2) is 11.6.